The molecule has 1 aliphatic heterocycles. The minimum Gasteiger partial charge on any atom is -0.479 e. The summed E-state index contributed by atoms with van der Waals surface area (Å²) in [5.74, 6) is -0.447. The van der Waals surface area contributed by atoms with Crippen molar-refractivity contribution >= 4 is 27.5 Å². The van der Waals surface area contributed by atoms with Crippen LogP contribution in [0.4, 0.5) is 5.69 Å². The molecule has 0 aliphatic carbocycles. The van der Waals surface area contributed by atoms with Crippen LogP contribution in [0.25, 0.3) is 0 Å². The predicted octanol–water partition coefficient (Wildman–Crippen LogP) is 2.90. The van der Waals surface area contributed by atoms with Gasteiger partial charge in [0, 0.05) is 12.1 Å². The van der Waals surface area contributed by atoms with E-state index in [9.17, 15) is 18.0 Å². The standard InChI is InChI=1S/C22H25NO6S/c1-15-6-9-19(10-7-15)29-16(2)22(25)28-14-21(24)18-8-11-20-17(13-18)5-4-12-23(20)30(3,26)27/h6-11,13,16H,4-5,12,14H2,1-3H3. The number of carbonyl (C=O) groups excluding carboxylic acids is 2. The Morgan fingerprint density at radius 2 is 1.83 bits per heavy atom. The molecule has 2 aromatic rings. The van der Waals surface area contributed by atoms with E-state index in [1.165, 1.54) is 10.6 Å². The third kappa shape index (κ3) is 5.18. The van der Waals surface area contributed by atoms with E-state index in [-0.39, 0.29) is 5.78 Å². The predicted molar refractivity (Wildman–Crippen MR) is 114 cm³/mol. The molecular weight excluding hydrogens is 406 g/mol. The number of anilines is 1. The summed E-state index contributed by atoms with van der Waals surface area (Å²) in [7, 11) is -3.37. The first-order chi connectivity index (χ1) is 14.1. The second-order valence-corrected chi connectivity index (χ2v) is 9.29. The van der Waals surface area contributed by atoms with E-state index in [2.05, 4.69) is 0 Å². The molecular formula is C22H25NO6S. The van der Waals surface area contributed by atoms with Gasteiger partial charge in [0.1, 0.15) is 5.75 Å². The zero-order valence-corrected chi connectivity index (χ0v) is 18.1. The Morgan fingerprint density at radius 3 is 2.50 bits per heavy atom. The third-order valence-corrected chi connectivity index (χ3v) is 6.07. The Morgan fingerprint density at radius 1 is 1.13 bits per heavy atom. The molecule has 0 saturated heterocycles. The van der Waals surface area contributed by atoms with Gasteiger partial charge in [-0.1, -0.05) is 17.7 Å². The van der Waals surface area contributed by atoms with Crippen LogP contribution in [-0.4, -0.2) is 45.7 Å². The van der Waals surface area contributed by atoms with Crippen LogP contribution in [0.1, 0.15) is 34.8 Å². The molecule has 0 N–H and O–H groups in total. The number of ketones is 1. The van der Waals surface area contributed by atoms with Crippen LogP contribution in [0, 0.1) is 6.92 Å². The SMILES string of the molecule is Cc1ccc(OC(C)C(=O)OCC(=O)c2ccc3c(c2)CCCN3S(C)(=O)=O)cc1. The van der Waals surface area contributed by atoms with Gasteiger partial charge in [0.05, 0.1) is 11.9 Å². The minimum atomic E-state index is -3.37. The van der Waals surface area contributed by atoms with Crippen LogP contribution in [0.5, 0.6) is 5.75 Å². The lowest BCUT2D eigenvalue weighted by Crippen LogP contribution is -2.34. The zero-order chi connectivity index (χ0) is 21.9. The molecule has 0 bridgehead atoms. The van der Waals surface area contributed by atoms with Crippen molar-refractivity contribution in [2.45, 2.75) is 32.8 Å². The molecule has 0 aromatic heterocycles. The van der Waals surface area contributed by atoms with Crippen LogP contribution < -0.4 is 9.04 Å². The number of rotatable bonds is 7. The third-order valence-electron chi connectivity index (χ3n) is 4.89. The lowest BCUT2D eigenvalue weighted by atomic mass is 9.99. The number of hydrogen-bond acceptors (Lipinski definition) is 6. The van der Waals surface area contributed by atoms with Gasteiger partial charge in [-0.05, 0) is 62.6 Å². The lowest BCUT2D eigenvalue weighted by Gasteiger charge is -2.29. The molecule has 1 aliphatic rings. The van der Waals surface area contributed by atoms with E-state index in [0.717, 1.165) is 11.1 Å². The maximum Gasteiger partial charge on any atom is 0.347 e. The fourth-order valence-electron chi connectivity index (χ4n) is 3.29. The van der Waals surface area contributed by atoms with E-state index in [1.807, 2.05) is 19.1 Å². The highest BCUT2D eigenvalue weighted by atomic mass is 32.2. The number of fused-ring (bicyclic) bond motifs is 1. The Kier molecular flexibility index (Phi) is 6.45. The maximum absolute atomic E-state index is 12.5. The molecule has 0 radical (unpaired) electrons. The summed E-state index contributed by atoms with van der Waals surface area (Å²) < 4.78 is 35.9. The van der Waals surface area contributed by atoms with Gasteiger partial charge in [-0.15, -0.1) is 0 Å². The number of hydrogen-bond donors (Lipinski definition) is 0. The van der Waals surface area contributed by atoms with Crippen molar-refractivity contribution in [3.05, 3.63) is 59.2 Å². The molecule has 1 heterocycles. The number of esters is 1. The normalized spacial score (nSPS) is 14.6. The number of nitrogens with zero attached hydrogens (tertiary/aromatic N) is 1. The van der Waals surface area contributed by atoms with Crippen LogP contribution >= 0.6 is 0 Å². The van der Waals surface area contributed by atoms with Crippen molar-refractivity contribution in [3.63, 3.8) is 0 Å². The monoisotopic (exact) mass is 431 g/mol. The molecule has 3 rings (SSSR count). The second kappa shape index (κ2) is 8.87. The first-order valence-corrected chi connectivity index (χ1v) is 11.5. The number of sulfonamides is 1. The van der Waals surface area contributed by atoms with Crippen molar-refractivity contribution in [1.29, 1.82) is 0 Å². The van der Waals surface area contributed by atoms with E-state index in [1.54, 1.807) is 37.3 Å². The van der Waals surface area contributed by atoms with Gasteiger partial charge in [0.25, 0.3) is 0 Å². The number of Topliss-reactive ketones (excluding diaryl/α,β-unsaturated/α-hetero) is 1. The first kappa shape index (κ1) is 21.8. The largest absolute Gasteiger partial charge is 0.479 e. The first-order valence-electron chi connectivity index (χ1n) is 9.69. The van der Waals surface area contributed by atoms with Crippen molar-refractivity contribution in [2.24, 2.45) is 0 Å². The molecule has 7 nitrogen and oxygen atoms in total. The molecule has 160 valence electrons. The fraction of sp³-hybridized carbons (Fsp3) is 0.364. The number of ether oxygens (including phenoxy) is 2. The molecule has 0 spiro atoms. The topological polar surface area (TPSA) is 90.0 Å². The van der Waals surface area contributed by atoms with Crippen LogP contribution in [0.2, 0.25) is 0 Å². The molecule has 8 heteroatoms. The molecule has 30 heavy (non-hydrogen) atoms. The molecule has 0 fully saturated rings. The van der Waals surface area contributed by atoms with Crippen LogP contribution in [0.15, 0.2) is 42.5 Å². The Hall–Kier alpha value is -2.87. The van der Waals surface area contributed by atoms with Crippen molar-refractivity contribution in [1.82, 2.24) is 0 Å². The van der Waals surface area contributed by atoms with E-state index >= 15 is 0 Å². The van der Waals surface area contributed by atoms with Gasteiger partial charge in [-0.3, -0.25) is 9.10 Å². The maximum atomic E-state index is 12.5. The molecule has 2 aromatic carbocycles. The summed E-state index contributed by atoms with van der Waals surface area (Å²) in [5, 5.41) is 0. The highest BCUT2D eigenvalue weighted by Gasteiger charge is 2.25. The molecule has 0 saturated carbocycles. The summed E-state index contributed by atoms with van der Waals surface area (Å²) in [4.78, 5) is 24.6. The average Bonchev–Trinajstić information content (AvgIpc) is 2.71. The fourth-order valence-corrected chi connectivity index (χ4v) is 4.28. The van der Waals surface area contributed by atoms with Gasteiger partial charge in [-0.2, -0.15) is 0 Å². The van der Waals surface area contributed by atoms with E-state index in [4.69, 9.17) is 9.47 Å². The number of benzene rings is 2. The summed E-state index contributed by atoms with van der Waals surface area (Å²) in [6, 6.07) is 12.1. The quantitative estimate of drug-likeness (QED) is 0.495. The van der Waals surface area contributed by atoms with Gasteiger partial charge in [-0.25, -0.2) is 13.2 Å². The number of carbonyl (C=O) groups is 2. The highest BCUT2D eigenvalue weighted by molar-refractivity contribution is 7.92. The van der Waals surface area contributed by atoms with Gasteiger partial charge < -0.3 is 9.47 Å². The summed E-state index contributed by atoms with van der Waals surface area (Å²) in [6.45, 7) is 3.53. The molecule has 1 unspecified atom stereocenters. The summed E-state index contributed by atoms with van der Waals surface area (Å²) in [6.07, 6.45) is 1.68. The van der Waals surface area contributed by atoms with Crippen LogP contribution in [0.3, 0.4) is 0 Å². The smallest absolute Gasteiger partial charge is 0.347 e. The zero-order valence-electron chi connectivity index (χ0n) is 17.3. The van der Waals surface area contributed by atoms with Crippen LogP contribution in [-0.2, 0) is 26.0 Å². The highest BCUT2D eigenvalue weighted by Crippen LogP contribution is 2.30. The van der Waals surface area contributed by atoms with E-state index in [0.29, 0.717) is 36.4 Å². The van der Waals surface area contributed by atoms with Crippen molar-refractivity contribution in [3.8, 4) is 5.75 Å². The lowest BCUT2D eigenvalue weighted by molar-refractivity contribution is -0.149. The van der Waals surface area contributed by atoms with Crippen molar-refractivity contribution in [2.75, 3.05) is 23.7 Å². The Labute approximate surface area is 176 Å². The number of aryl methyl sites for hydroxylation is 2. The Balaban J connectivity index is 1.61. The second-order valence-electron chi connectivity index (χ2n) is 7.39. The van der Waals surface area contributed by atoms with Gasteiger partial charge in [0.15, 0.2) is 18.5 Å². The summed E-state index contributed by atoms with van der Waals surface area (Å²) >= 11 is 0. The Bertz CT molecular complexity index is 1050. The van der Waals surface area contributed by atoms with Crippen molar-refractivity contribution < 1.29 is 27.5 Å². The molecule has 0 amide bonds. The van der Waals surface area contributed by atoms with Gasteiger partial charge >= 0.3 is 5.97 Å². The van der Waals surface area contributed by atoms with E-state index < -0.39 is 28.7 Å². The molecule has 1 atom stereocenters. The minimum absolute atomic E-state index is 0.356. The summed E-state index contributed by atoms with van der Waals surface area (Å²) in [5.41, 5.74) is 2.84. The van der Waals surface area contributed by atoms with Gasteiger partial charge in [0.2, 0.25) is 10.0 Å². The average molecular weight is 432 g/mol.